The summed E-state index contributed by atoms with van der Waals surface area (Å²) in [7, 11) is 2.06. The Kier molecular flexibility index (Phi) is 7.89. The molecule has 31 heavy (non-hydrogen) atoms. The van der Waals surface area contributed by atoms with Crippen LogP contribution in [0.2, 0.25) is 0 Å². The van der Waals surface area contributed by atoms with Crippen LogP contribution in [-0.2, 0) is 28.0 Å². The summed E-state index contributed by atoms with van der Waals surface area (Å²) in [5, 5.41) is 4.73. The average molecular weight is 425 g/mol. The molecule has 1 unspecified atom stereocenters. The Morgan fingerprint density at radius 1 is 1.23 bits per heavy atom. The number of aryl methyl sites for hydroxylation is 2. The summed E-state index contributed by atoms with van der Waals surface area (Å²) in [5.41, 5.74) is 7.42. The van der Waals surface area contributed by atoms with Crippen molar-refractivity contribution in [2.45, 2.75) is 40.2 Å². The first kappa shape index (κ1) is 22.6. The molecule has 7 heteroatoms. The van der Waals surface area contributed by atoms with Crippen molar-refractivity contribution in [2.24, 2.45) is 13.0 Å². The summed E-state index contributed by atoms with van der Waals surface area (Å²) in [4.78, 5) is 22.1. The molecule has 0 spiro atoms. The number of carbonyl (C=O) groups excluding carboxylic acids is 1. The van der Waals surface area contributed by atoms with Gasteiger partial charge in [0.2, 0.25) is 0 Å². The van der Waals surface area contributed by atoms with Gasteiger partial charge in [0.05, 0.1) is 24.8 Å². The lowest BCUT2D eigenvalue weighted by Crippen LogP contribution is -2.24. The third-order valence-corrected chi connectivity index (χ3v) is 5.29. The molecule has 2 N–H and O–H groups in total. The first-order valence-corrected chi connectivity index (χ1v) is 10.8. The average Bonchev–Trinajstić information content (AvgIpc) is 3.09. The zero-order chi connectivity index (χ0) is 22.2. The summed E-state index contributed by atoms with van der Waals surface area (Å²) in [6, 6.07) is 10.2. The standard InChI is InChI=1S/C24H32N4O3/c1-5-9-18(24(29)30-6-2)16-31-27-23-20(11-8-13-25-23)26-14-19-15-28(4)21-12-7-10-17(3)22(19)21/h7-8,10-13,15,18,26H,5-6,9,14,16H2,1-4H3,(H,25,27). The summed E-state index contributed by atoms with van der Waals surface area (Å²) in [6.45, 7) is 7.23. The fraction of sp³-hybridized carbons (Fsp3) is 0.417. The number of nitrogens with zero attached hydrogens (tertiary/aromatic N) is 2. The second kappa shape index (κ2) is 10.8. The van der Waals surface area contributed by atoms with Gasteiger partial charge in [0, 0.05) is 36.9 Å². The second-order valence-corrected chi connectivity index (χ2v) is 7.64. The Morgan fingerprint density at radius 2 is 2.06 bits per heavy atom. The molecule has 0 amide bonds. The fourth-order valence-electron chi connectivity index (χ4n) is 3.77. The minimum absolute atomic E-state index is 0.225. The molecule has 3 aromatic rings. The van der Waals surface area contributed by atoms with Crippen molar-refractivity contribution < 1.29 is 14.4 Å². The van der Waals surface area contributed by atoms with Crippen LogP contribution in [0, 0.1) is 12.8 Å². The first-order chi connectivity index (χ1) is 15.0. The SMILES string of the molecule is CCCC(CONc1ncccc1NCc1cn(C)c2cccc(C)c12)C(=O)OCC. The normalized spacial score (nSPS) is 12.0. The molecule has 1 atom stereocenters. The zero-order valence-electron chi connectivity index (χ0n) is 18.8. The van der Waals surface area contributed by atoms with Crippen LogP contribution in [0.15, 0.2) is 42.7 Å². The molecule has 166 valence electrons. The van der Waals surface area contributed by atoms with Gasteiger partial charge in [-0.2, -0.15) is 0 Å². The number of hydrogen-bond donors (Lipinski definition) is 2. The van der Waals surface area contributed by atoms with Crippen LogP contribution < -0.4 is 10.8 Å². The highest BCUT2D eigenvalue weighted by Crippen LogP contribution is 2.26. The maximum Gasteiger partial charge on any atom is 0.311 e. The molecular weight excluding hydrogens is 392 g/mol. The number of rotatable bonds is 11. The van der Waals surface area contributed by atoms with Crippen LogP contribution in [-0.4, -0.2) is 28.7 Å². The number of anilines is 2. The topological polar surface area (TPSA) is 77.4 Å². The van der Waals surface area contributed by atoms with Gasteiger partial charge in [0.15, 0.2) is 5.82 Å². The van der Waals surface area contributed by atoms with Crippen LogP contribution in [0.1, 0.15) is 37.8 Å². The minimum atomic E-state index is -0.295. The largest absolute Gasteiger partial charge is 0.466 e. The number of carbonyl (C=O) groups is 1. The molecule has 0 aliphatic heterocycles. The summed E-state index contributed by atoms with van der Waals surface area (Å²) in [5.74, 6) is 0.0617. The molecule has 0 aliphatic carbocycles. The summed E-state index contributed by atoms with van der Waals surface area (Å²) in [6.07, 6.45) is 5.45. The van der Waals surface area contributed by atoms with Gasteiger partial charge in [-0.1, -0.05) is 25.5 Å². The lowest BCUT2D eigenvalue weighted by Gasteiger charge is -2.16. The van der Waals surface area contributed by atoms with Crippen molar-refractivity contribution in [3.63, 3.8) is 0 Å². The van der Waals surface area contributed by atoms with E-state index < -0.39 is 0 Å². The molecule has 0 aliphatic rings. The molecule has 3 rings (SSSR count). The third kappa shape index (κ3) is 5.55. The van der Waals surface area contributed by atoms with E-state index in [4.69, 9.17) is 9.57 Å². The molecule has 7 nitrogen and oxygen atoms in total. The van der Waals surface area contributed by atoms with Crippen molar-refractivity contribution in [2.75, 3.05) is 24.0 Å². The first-order valence-electron chi connectivity index (χ1n) is 10.8. The Hall–Kier alpha value is -3.06. The number of aromatic nitrogens is 2. The molecule has 1 aromatic carbocycles. The monoisotopic (exact) mass is 424 g/mol. The lowest BCUT2D eigenvalue weighted by molar-refractivity contribution is -0.150. The highest BCUT2D eigenvalue weighted by Gasteiger charge is 2.19. The van der Waals surface area contributed by atoms with Gasteiger partial charge >= 0.3 is 5.97 Å². The quantitative estimate of drug-likeness (QED) is 0.340. The van der Waals surface area contributed by atoms with Crippen LogP contribution in [0.3, 0.4) is 0 Å². The maximum atomic E-state index is 12.1. The Bertz CT molecular complexity index is 1020. The number of pyridine rings is 1. The number of hydrogen-bond acceptors (Lipinski definition) is 6. The number of nitrogens with one attached hydrogen (secondary N) is 2. The van der Waals surface area contributed by atoms with E-state index in [0.29, 0.717) is 25.4 Å². The molecule has 0 bridgehead atoms. The highest BCUT2D eigenvalue weighted by atomic mass is 16.6. The maximum absolute atomic E-state index is 12.1. The van der Waals surface area contributed by atoms with Crippen LogP contribution in [0.25, 0.3) is 10.9 Å². The van der Waals surface area contributed by atoms with Crippen molar-refractivity contribution in [3.8, 4) is 0 Å². The van der Waals surface area contributed by atoms with Crippen LogP contribution >= 0.6 is 0 Å². The van der Waals surface area contributed by atoms with E-state index >= 15 is 0 Å². The predicted molar refractivity (Wildman–Crippen MR) is 124 cm³/mol. The Balaban J connectivity index is 1.65. The van der Waals surface area contributed by atoms with Gasteiger partial charge in [-0.25, -0.2) is 10.5 Å². The highest BCUT2D eigenvalue weighted by molar-refractivity contribution is 5.87. The van der Waals surface area contributed by atoms with E-state index in [0.717, 1.165) is 12.1 Å². The summed E-state index contributed by atoms with van der Waals surface area (Å²) >= 11 is 0. The number of ether oxygens (including phenoxy) is 1. The van der Waals surface area contributed by atoms with E-state index in [9.17, 15) is 4.79 Å². The van der Waals surface area contributed by atoms with E-state index in [2.05, 4.69) is 58.7 Å². The molecule has 0 saturated carbocycles. The van der Waals surface area contributed by atoms with Crippen molar-refractivity contribution in [1.29, 1.82) is 0 Å². The number of benzene rings is 1. The van der Waals surface area contributed by atoms with Gasteiger partial charge in [0.1, 0.15) is 0 Å². The van der Waals surface area contributed by atoms with Gasteiger partial charge in [-0.15, -0.1) is 0 Å². The summed E-state index contributed by atoms with van der Waals surface area (Å²) < 4.78 is 7.29. The smallest absolute Gasteiger partial charge is 0.311 e. The van der Waals surface area contributed by atoms with Crippen molar-refractivity contribution in [3.05, 3.63) is 53.9 Å². The third-order valence-electron chi connectivity index (χ3n) is 5.29. The van der Waals surface area contributed by atoms with E-state index in [1.807, 2.05) is 26.0 Å². The van der Waals surface area contributed by atoms with Crippen LogP contribution in [0.4, 0.5) is 11.5 Å². The zero-order valence-corrected chi connectivity index (χ0v) is 18.8. The molecule has 0 fully saturated rings. The van der Waals surface area contributed by atoms with E-state index in [-0.39, 0.29) is 18.5 Å². The lowest BCUT2D eigenvalue weighted by atomic mass is 10.1. The molecule has 0 radical (unpaired) electrons. The predicted octanol–water partition coefficient (Wildman–Crippen LogP) is 4.82. The Morgan fingerprint density at radius 3 is 2.84 bits per heavy atom. The van der Waals surface area contributed by atoms with Gasteiger partial charge in [-0.05, 0) is 49.6 Å². The Labute approximate surface area is 183 Å². The number of fused-ring (bicyclic) bond motifs is 1. The molecule has 2 aromatic heterocycles. The van der Waals surface area contributed by atoms with E-state index in [1.165, 1.54) is 22.0 Å². The second-order valence-electron chi connectivity index (χ2n) is 7.64. The molecule has 2 heterocycles. The van der Waals surface area contributed by atoms with E-state index in [1.54, 1.807) is 6.20 Å². The van der Waals surface area contributed by atoms with Gasteiger partial charge < -0.3 is 14.6 Å². The van der Waals surface area contributed by atoms with Crippen LogP contribution in [0.5, 0.6) is 0 Å². The molecule has 0 saturated heterocycles. The van der Waals surface area contributed by atoms with Gasteiger partial charge in [0.25, 0.3) is 0 Å². The fourth-order valence-corrected chi connectivity index (χ4v) is 3.77. The number of esters is 1. The van der Waals surface area contributed by atoms with Crippen molar-refractivity contribution >= 4 is 28.4 Å². The van der Waals surface area contributed by atoms with Gasteiger partial charge in [-0.3, -0.25) is 9.63 Å². The molecular formula is C24H32N4O3. The van der Waals surface area contributed by atoms with Crippen molar-refractivity contribution in [1.82, 2.24) is 9.55 Å². The minimum Gasteiger partial charge on any atom is -0.466 e.